The first-order valence-electron chi connectivity index (χ1n) is 6.69. The van der Waals surface area contributed by atoms with Crippen molar-refractivity contribution in [3.63, 3.8) is 0 Å². The maximum Gasteiger partial charge on any atom is 0.0351 e. The summed E-state index contributed by atoms with van der Waals surface area (Å²) >= 11 is 7.78. The summed E-state index contributed by atoms with van der Waals surface area (Å²) in [7, 11) is 0. The van der Waals surface area contributed by atoms with E-state index in [0.717, 1.165) is 13.1 Å². The summed E-state index contributed by atoms with van der Waals surface area (Å²) < 4.78 is 1.38. The van der Waals surface area contributed by atoms with Crippen molar-refractivity contribution in [2.24, 2.45) is 0 Å². The monoisotopic (exact) mass is 295 g/mol. The molecule has 0 radical (unpaired) electrons. The number of rotatable bonds is 4. The van der Waals surface area contributed by atoms with E-state index < -0.39 is 0 Å². The number of fused-ring (bicyclic) bond motifs is 1. The minimum Gasteiger partial charge on any atom is -0.293 e. The lowest BCUT2D eigenvalue weighted by molar-refractivity contribution is 0.138. The van der Waals surface area contributed by atoms with Crippen molar-refractivity contribution >= 4 is 33.0 Å². The molecule has 0 unspecified atom stereocenters. The van der Waals surface area contributed by atoms with Gasteiger partial charge in [0, 0.05) is 29.2 Å². The van der Waals surface area contributed by atoms with Crippen LogP contribution in [0.4, 0.5) is 0 Å². The SMILES string of the molecule is Cc1ccc2c(CN(CCCl)C(C)(C)C)csc2c1. The molecule has 0 bridgehead atoms. The fraction of sp³-hybridized carbons (Fsp3) is 0.500. The van der Waals surface area contributed by atoms with Gasteiger partial charge in [-0.05, 0) is 55.7 Å². The summed E-state index contributed by atoms with van der Waals surface area (Å²) in [5, 5.41) is 3.68. The molecular formula is C16H22ClNS. The Bertz CT molecular complexity index is 553. The van der Waals surface area contributed by atoms with Crippen LogP contribution in [0.15, 0.2) is 23.6 Å². The van der Waals surface area contributed by atoms with Crippen LogP contribution in [-0.2, 0) is 6.54 Å². The van der Waals surface area contributed by atoms with Gasteiger partial charge in [-0.2, -0.15) is 0 Å². The Morgan fingerprint density at radius 1 is 1.26 bits per heavy atom. The van der Waals surface area contributed by atoms with Gasteiger partial charge in [-0.15, -0.1) is 22.9 Å². The lowest BCUT2D eigenvalue weighted by Crippen LogP contribution is -2.41. The summed E-state index contributed by atoms with van der Waals surface area (Å²) in [5.74, 6) is 0.679. The highest BCUT2D eigenvalue weighted by Gasteiger charge is 2.21. The van der Waals surface area contributed by atoms with E-state index in [1.165, 1.54) is 21.2 Å². The van der Waals surface area contributed by atoms with E-state index >= 15 is 0 Å². The van der Waals surface area contributed by atoms with Gasteiger partial charge in [0.1, 0.15) is 0 Å². The molecule has 0 aliphatic rings. The van der Waals surface area contributed by atoms with Crippen LogP contribution in [0.1, 0.15) is 31.9 Å². The summed E-state index contributed by atoms with van der Waals surface area (Å²) in [4.78, 5) is 2.45. The molecule has 0 atom stereocenters. The van der Waals surface area contributed by atoms with Crippen LogP contribution >= 0.6 is 22.9 Å². The third-order valence-corrected chi connectivity index (χ3v) is 4.64. The van der Waals surface area contributed by atoms with Crippen molar-refractivity contribution in [2.75, 3.05) is 12.4 Å². The zero-order chi connectivity index (χ0) is 14.0. The lowest BCUT2D eigenvalue weighted by atomic mass is 10.0. The average Bonchev–Trinajstić information content (AvgIpc) is 2.70. The fourth-order valence-corrected chi connectivity index (χ4v) is 3.53. The molecule has 0 fully saturated rings. The van der Waals surface area contributed by atoms with Gasteiger partial charge in [-0.25, -0.2) is 0 Å². The van der Waals surface area contributed by atoms with Crippen LogP contribution < -0.4 is 0 Å². The molecule has 0 amide bonds. The Balaban J connectivity index is 2.29. The number of alkyl halides is 1. The average molecular weight is 296 g/mol. The molecule has 2 rings (SSSR count). The number of halogens is 1. The molecule has 0 saturated heterocycles. The summed E-state index contributed by atoms with van der Waals surface area (Å²) in [6, 6.07) is 6.71. The van der Waals surface area contributed by atoms with Gasteiger partial charge in [-0.3, -0.25) is 4.90 Å². The summed E-state index contributed by atoms with van der Waals surface area (Å²) in [6.45, 7) is 10.8. The van der Waals surface area contributed by atoms with E-state index in [1.807, 2.05) is 11.3 Å². The normalized spacial score (nSPS) is 12.5. The molecule has 0 aliphatic carbocycles. The number of hydrogen-bond donors (Lipinski definition) is 0. The lowest BCUT2D eigenvalue weighted by Gasteiger charge is -2.35. The van der Waals surface area contributed by atoms with E-state index in [0.29, 0.717) is 5.88 Å². The Morgan fingerprint density at radius 3 is 2.63 bits per heavy atom. The minimum atomic E-state index is 0.147. The second-order valence-corrected chi connectivity index (χ2v) is 7.33. The van der Waals surface area contributed by atoms with Crippen molar-refractivity contribution in [2.45, 2.75) is 39.8 Å². The maximum atomic E-state index is 5.94. The summed E-state index contributed by atoms with van der Waals surface area (Å²) in [6.07, 6.45) is 0. The van der Waals surface area contributed by atoms with Crippen LogP contribution in [0, 0.1) is 6.92 Å². The first-order valence-corrected chi connectivity index (χ1v) is 8.11. The highest BCUT2D eigenvalue weighted by Crippen LogP contribution is 2.29. The largest absolute Gasteiger partial charge is 0.293 e. The standard InChI is InChI=1S/C16H22ClNS/c1-12-5-6-14-13(11-19-15(14)9-12)10-18(8-7-17)16(2,3)4/h5-6,9,11H,7-8,10H2,1-4H3. The number of benzene rings is 1. The molecule has 0 saturated carbocycles. The molecule has 2 aromatic rings. The number of thiophene rings is 1. The smallest absolute Gasteiger partial charge is 0.0351 e. The molecule has 1 nitrogen and oxygen atoms in total. The van der Waals surface area contributed by atoms with Gasteiger partial charge in [0.2, 0.25) is 0 Å². The van der Waals surface area contributed by atoms with Crippen molar-refractivity contribution in [3.05, 3.63) is 34.7 Å². The predicted molar refractivity (Wildman–Crippen MR) is 87.4 cm³/mol. The quantitative estimate of drug-likeness (QED) is 0.714. The number of hydrogen-bond acceptors (Lipinski definition) is 2. The summed E-state index contributed by atoms with van der Waals surface area (Å²) in [5.41, 5.74) is 2.89. The molecule has 0 N–H and O–H groups in total. The van der Waals surface area contributed by atoms with Gasteiger partial charge in [0.05, 0.1) is 0 Å². The van der Waals surface area contributed by atoms with Crippen LogP contribution in [0.5, 0.6) is 0 Å². The molecule has 0 spiro atoms. The van der Waals surface area contributed by atoms with E-state index in [4.69, 9.17) is 11.6 Å². The van der Waals surface area contributed by atoms with Gasteiger partial charge in [0.25, 0.3) is 0 Å². The molecular weight excluding hydrogens is 274 g/mol. The Hall–Kier alpha value is -0.570. The second kappa shape index (κ2) is 5.82. The third kappa shape index (κ3) is 3.50. The Kier molecular flexibility index (Phi) is 4.54. The van der Waals surface area contributed by atoms with Gasteiger partial charge < -0.3 is 0 Å². The highest BCUT2D eigenvalue weighted by molar-refractivity contribution is 7.17. The fourth-order valence-electron chi connectivity index (χ4n) is 2.27. The van der Waals surface area contributed by atoms with E-state index in [-0.39, 0.29) is 5.54 Å². The molecule has 1 aromatic carbocycles. The van der Waals surface area contributed by atoms with Crippen molar-refractivity contribution in [1.29, 1.82) is 0 Å². The van der Waals surface area contributed by atoms with Crippen LogP contribution in [0.25, 0.3) is 10.1 Å². The van der Waals surface area contributed by atoms with Crippen LogP contribution in [-0.4, -0.2) is 22.9 Å². The third-order valence-electron chi connectivity index (χ3n) is 3.48. The van der Waals surface area contributed by atoms with Crippen molar-refractivity contribution < 1.29 is 0 Å². The molecule has 1 aromatic heterocycles. The zero-order valence-electron chi connectivity index (χ0n) is 12.2. The van der Waals surface area contributed by atoms with E-state index in [1.54, 1.807) is 0 Å². The first kappa shape index (κ1) is 14.8. The maximum absolute atomic E-state index is 5.94. The van der Waals surface area contributed by atoms with Gasteiger partial charge in [0.15, 0.2) is 0 Å². The highest BCUT2D eigenvalue weighted by atomic mass is 35.5. The minimum absolute atomic E-state index is 0.147. The van der Waals surface area contributed by atoms with Gasteiger partial charge in [-0.1, -0.05) is 12.1 Å². The molecule has 1 heterocycles. The second-order valence-electron chi connectivity index (χ2n) is 6.04. The van der Waals surface area contributed by atoms with Crippen molar-refractivity contribution in [3.8, 4) is 0 Å². The zero-order valence-corrected chi connectivity index (χ0v) is 13.7. The Labute approximate surface area is 125 Å². The topological polar surface area (TPSA) is 3.24 Å². The van der Waals surface area contributed by atoms with E-state index in [2.05, 4.69) is 56.2 Å². The first-order chi connectivity index (χ1) is 8.91. The predicted octanol–water partition coefficient (Wildman–Crippen LogP) is 5.05. The Morgan fingerprint density at radius 2 is 2.00 bits per heavy atom. The van der Waals surface area contributed by atoms with Gasteiger partial charge >= 0.3 is 0 Å². The number of nitrogens with zero attached hydrogens (tertiary/aromatic N) is 1. The molecule has 0 aliphatic heterocycles. The van der Waals surface area contributed by atoms with Crippen molar-refractivity contribution in [1.82, 2.24) is 4.90 Å². The van der Waals surface area contributed by atoms with Crippen LogP contribution in [0.3, 0.4) is 0 Å². The molecule has 104 valence electrons. The molecule has 19 heavy (non-hydrogen) atoms. The van der Waals surface area contributed by atoms with Crippen LogP contribution in [0.2, 0.25) is 0 Å². The molecule has 3 heteroatoms. The number of aryl methyl sites for hydroxylation is 1. The van der Waals surface area contributed by atoms with E-state index in [9.17, 15) is 0 Å².